The summed E-state index contributed by atoms with van der Waals surface area (Å²) in [5.74, 6) is 1.16. The lowest BCUT2D eigenvalue weighted by atomic mass is 9.96. The summed E-state index contributed by atoms with van der Waals surface area (Å²) in [4.78, 5) is 2.60. The van der Waals surface area contributed by atoms with Gasteiger partial charge in [-0.3, -0.25) is 0 Å². The molecule has 1 aliphatic rings. The van der Waals surface area contributed by atoms with E-state index in [0.29, 0.717) is 6.42 Å². The van der Waals surface area contributed by atoms with E-state index in [9.17, 15) is 0 Å². The van der Waals surface area contributed by atoms with E-state index in [0.717, 1.165) is 25.3 Å². The zero-order valence-corrected chi connectivity index (χ0v) is 16.4. The van der Waals surface area contributed by atoms with Gasteiger partial charge in [-0.15, -0.1) is 0 Å². The van der Waals surface area contributed by atoms with Crippen LogP contribution in [0.1, 0.15) is 57.7 Å². The SMILES string of the molecule is CNc1c(/C=C\CC#N)cc(CCN2CCCCC2)n1CC(C)(C)C. The lowest BCUT2D eigenvalue weighted by Gasteiger charge is -2.27. The third-order valence-corrected chi connectivity index (χ3v) is 4.72. The van der Waals surface area contributed by atoms with Gasteiger partial charge in [0.1, 0.15) is 5.82 Å². The molecule has 138 valence electrons. The fraction of sp³-hybridized carbons (Fsp3) is 0.667. The number of nitrogens with one attached hydrogen (secondary N) is 1. The molecule has 1 aromatic rings. The Morgan fingerprint density at radius 1 is 1.24 bits per heavy atom. The molecular formula is C21H34N4. The smallest absolute Gasteiger partial charge is 0.113 e. The van der Waals surface area contributed by atoms with Crippen molar-refractivity contribution in [3.63, 3.8) is 0 Å². The van der Waals surface area contributed by atoms with Crippen LogP contribution in [0.5, 0.6) is 0 Å². The third-order valence-electron chi connectivity index (χ3n) is 4.72. The lowest BCUT2D eigenvalue weighted by Crippen LogP contribution is -2.32. The predicted molar refractivity (Wildman–Crippen MR) is 107 cm³/mol. The molecule has 0 saturated carbocycles. The maximum atomic E-state index is 8.78. The van der Waals surface area contributed by atoms with E-state index in [4.69, 9.17) is 5.26 Å². The Kier molecular flexibility index (Phi) is 7.13. The molecule has 25 heavy (non-hydrogen) atoms. The first-order chi connectivity index (χ1) is 11.9. The van der Waals surface area contributed by atoms with Gasteiger partial charge in [-0.25, -0.2) is 0 Å². The molecule has 2 heterocycles. The van der Waals surface area contributed by atoms with Gasteiger partial charge in [0.05, 0.1) is 12.5 Å². The number of nitrogens with zero attached hydrogens (tertiary/aromatic N) is 3. The van der Waals surface area contributed by atoms with Crippen molar-refractivity contribution in [1.82, 2.24) is 9.47 Å². The maximum absolute atomic E-state index is 8.78. The van der Waals surface area contributed by atoms with Gasteiger partial charge in [-0.05, 0) is 37.4 Å². The van der Waals surface area contributed by atoms with Gasteiger partial charge in [0.15, 0.2) is 0 Å². The molecule has 0 bridgehead atoms. The first-order valence-corrected chi connectivity index (χ1v) is 9.60. The Morgan fingerprint density at radius 2 is 1.96 bits per heavy atom. The van der Waals surface area contributed by atoms with Crippen LogP contribution >= 0.6 is 0 Å². The summed E-state index contributed by atoms with van der Waals surface area (Å²) in [6.07, 6.45) is 9.63. The summed E-state index contributed by atoms with van der Waals surface area (Å²) < 4.78 is 2.44. The number of rotatable bonds is 7. The standard InChI is InChI=1S/C21H34N4/c1-21(2,3)17-25-19(11-15-24-13-8-5-9-14-24)16-18(20(25)23-4)10-6-7-12-22/h6,10,16,23H,5,7-9,11,13-15,17H2,1-4H3/b10-6-. The molecule has 2 rings (SSSR count). The molecule has 0 aliphatic carbocycles. The molecule has 0 amide bonds. The van der Waals surface area contributed by atoms with Crippen molar-refractivity contribution in [3.8, 4) is 6.07 Å². The molecule has 0 aromatic carbocycles. The first-order valence-electron chi connectivity index (χ1n) is 9.60. The average molecular weight is 343 g/mol. The maximum Gasteiger partial charge on any atom is 0.113 e. The molecule has 1 fully saturated rings. The Hall–Kier alpha value is -1.73. The number of allylic oxidation sites excluding steroid dienone is 1. The highest BCUT2D eigenvalue weighted by Crippen LogP contribution is 2.28. The van der Waals surface area contributed by atoms with Crippen molar-refractivity contribution in [2.24, 2.45) is 5.41 Å². The second-order valence-electron chi connectivity index (χ2n) is 8.25. The number of nitriles is 1. The number of anilines is 1. The normalized spacial score (nSPS) is 16.3. The van der Waals surface area contributed by atoms with Crippen LogP contribution in [0, 0.1) is 16.7 Å². The average Bonchev–Trinajstić information content (AvgIpc) is 2.89. The van der Waals surface area contributed by atoms with Gasteiger partial charge in [0.2, 0.25) is 0 Å². The Balaban J connectivity index is 2.23. The molecule has 0 radical (unpaired) electrons. The monoisotopic (exact) mass is 342 g/mol. The summed E-state index contributed by atoms with van der Waals surface area (Å²) in [5.41, 5.74) is 2.80. The van der Waals surface area contributed by atoms with Crippen molar-refractivity contribution in [2.45, 2.75) is 59.4 Å². The van der Waals surface area contributed by atoms with Crippen molar-refractivity contribution < 1.29 is 0 Å². The van der Waals surface area contributed by atoms with Crippen LogP contribution in [0.25, 0.3) is 6.08 Å². The quantitative estimate of drug-likeness (QED) is 0.791. The largest absolute Gasteiger partial charge is 0.374 e. The van der Waals surface area contributed by atoms with Gasteiger partial charge in [0.25, 0.3) is 0 Å². The van der Waals surface area contributed by atoms with Gasteiger partial charge in [-0.1, -0.05) is 39.3 Å². The van der Waals surface area contributed by atoms with Crippen LogP contribution in [0.3, 0.4) is 0 Å². The van der Waals surface area contributed by atoms with Crippen LogP contribution in [-0.2, 0) is 13.0 Å². The van der Waals surface area contributed by atoms with Crippen LogP contribution in [0.2, 0.25) is 0 Å². The van der Waals surface area contributed by atoms with E-state index in [1.807, 2.05) is 13.1 Å². The summed E-state index contributed by atoms with van der Waals surface area (Å²) in [6, 6.07) is 4.48. The van der Waals surface area contributed by atoms with E-state index >= 15 is 0 Å². The molecule has 0 unspecified atom stereocenters. The van der Waals surface area contributed by atoms with Crippen molar-refractivity contribution in [2.75, 3.05) is 32.0 Å². The second-order valence-corrected chi connectivity index (χ2v) is 8.25. The Bertz CT molecular complexity index is 607. The third kappa shape index (κ3) is 5.93. The lowest BCUT2D eigenvalue weighted by molar-refractivity contribution is 0.229. The van der Waals surface area contributed by atoms with E-state index in [-0.39, 0.29) is 5.41 Å². The first kappa shape index (κ1) is 19.6. The van der Waals surface area contributed by atoms with Gasteiger partial charge in [-0.2, -0.15) is 5.26 Å². The fourth-order valence-corrected chi connectivity index (χ4v) is 3.59. The van der Waals surface area contributed by atoms with E-state index in [2.05, 4.69) is 53.8 Å². The summed E-state index contributed by atoms with van der Waals surface area (Å²) in [7, 11) is 1.99. The van der Waals surface area contributed by atoms with Crippen LogP contribution in [0.15, 0.2) is 12.1 Å². The predicted octanol–water partition coefficient (Wildman–Crippen LogP) is 4.53. The number of hydrogen-bond donors (Lipinski definition) is 1. The molecule has 1 N–H and O–H groups in total. The highest BCUT2D eigenvalue weighted by Gasteiger charge is 2.19. The van der Waals surface area contributed by atoms with Crippen molar-refractivity contribution >= 4 is 11.9 Å². The van der Waals surface area contributed by atoms with Crippen LogP contribution in [0.4, 0.5) is 5.82 Å². The summed E-state index contributed by atoms with van der Waals surface area (Å²) >= 11 is 0. The minimum Gasteiger partial charge on any atom is -0.374 e. The molecule has 1 saturated heterocycles. The molecule has 4 nitrogen and oxygen atoms in total. The van der Waals surface area contributed by atoms with Crippen molar-refractivity contribution in [1.29, 1.82) is 5.26 Å². The Morgan fingerprint density at radius 3 is 2.56 bits per heavy atom. The molecule has 4 heteroatoms. The number of hydrogen-bond acceptors (Lipinski definition) is 3. The Labute approximate surface area is 153 Å². The molecule has 1 aromatic heterocycles. The van der Waals surface area contributed by atoms with Crippen LogP contribution in [-0.4, -0.2) is 36.1 Å². The number of piperidine rings is 1. The van der Waals surface area contributed by atoms with Gasteiger partial charge < -0.3 is 14.8 Å². The number of aromatic nitrogens is 1. The molecule has 1 aliphatic heterocycles. The topological polar surface area (TPSA) is 44.0 Å². The highest BCUT2D eigenvalue weighted by atomic mass is 15.1. The minimum atomic E-state index is 0.220. The van der Waals surface area contributed by atoms with E-state index in [1.165, 1.54) is 43.6 Å². The van der Waals surface area contributed by atoms with E-state index in [1.54, 1.807) is 0 Å². The zero-order chi connectivity index (χ0) is 18.3. The number of likely N-dealkylation sites (tertiary alicyclic amines) is 1. The van der Waals surface area contributed by atoms with Crippen molar-refractivity contribution in [3.05, 3.63) is 23.4 Å². The van der Waals surface area contributed by atoms with Crippen LogP contribution < -0.4 is 5.32 Å². The van der Waals surface area contributed by atoms with Gasteiger partial charge in [0, 0.05) is 37.8 Å². The highest BCUT2D eigenvalue weighted by molar-refractivity contribution is 5.65. The molecule has 0 atom stereocenters. The van der Waals surface area contributed by atoms with Gasteiger partial charge >= 0.3 is 0 Å². The summed E-state index contributed by atoms with van der Waals surface area (Å²) in [6.45, 7) is 11.5. The fourth-order valence-electron chi connectivity index (χ4n) is 3.59. The van der Waals surface area contributed by atoms with E-state index < -0.39 is 0 Å². The minimum absolute atomic E-state index is 0.220. The molecule has 0 spiro atoms. The zero-order valence-electron chi connectivity index (χ0n) is 16.4. The second kappa shape index (κ2) is 9.10. The molecular weight excluding hydrogens is 308 g/mol. The summed E-state index contributed by atoms with van der Waals surface area (Å²) in [5, 5.41) is 12.2.